The molecule has 0 saturated carbocycles. The molecular weight excluding hydrogens is 359 g/mol. The Bertz CT molecular complexity index is 63.4. The topological polar surface area (TPSA) is 37.3 Å². The number of carbonyl (C=O) groups is 1. The van der Waals surface area contributed by atoms with Crippen molar-refractivity contribution in [3.8, 4) is 0 Å². The van der Waals surface area contributed by atoms with Crippen LogP contribution in [0.1, 0.15) is 19.8 Å². The SMILES string of the molecule is CC(=O)CCCO.[Rf]. The molecule has 0 saturated heterocycles. The van der Waals surface area contributed by atoms with Crippen LogP contribution in [0.5, 0.6) is 0 Å². The molecule has 0 radical (unpaired) electrons. The summed E-state index contributed by atoms with van der Waals surface area (Å²) in [6.07, 6.45) is 1.12. The van der Waals surface area contributed by atoms with Crippen molar-refractivity contribution in [3.63, 3.8) is 0 Å². The molecule has 0 heterocycles. The van der Waals surface area contributed by atoms with Crippen molar-refractivity contribution in [2.45, 2.75) is 19.8 Å². The van der Waals surface area contributed by atoms with Gasteiger partial charge in [0.25, 0.3) is 0 Å². The maximum absolute atomic E-state index is 10.1. The minimum absolute atomic E-state index is 0. The first kappa shape index (κ1) is 9.80. The first-order valence-electron chi connectivity index (χ1n) is 2.37. The standard InChI is InChI=1S/C5H10O2.Rf/c1-5(7)3-2-4-6;/h6H,2-4H2,1H3;. The average Bonchev–Trinajstić information content (AvgIpc) is 1.61. The molecule has 0 rings (SSSR count). The maximum Gasteiger partial charge on any atom is 0.129 e. The zero-order valence-corrected chi connectivity index (χ0v) is 11.6. The molecule has 0 aromatic heterocycles. The van der Waals surface area contributed by atoms with Gasteiger partial charge in [0.1, 0.15) is 5.78 Å². The number of Topliss-reactive ketones (excluding diaryl/α,β-unsaturated/α-hetero) is 1. The molecule has 0 atom stereocenters. The van der Waals surface area contributed by atoms with Gasteiger partial charge in [-0.15, -0.1) is 0 Å². The quantitative estimate of drug-likeness (QED) is 0.780. The number of aliphatic hydroxyl groups is 1. The fraction of sp³-hybridized carbons (Fsp3) is 0.800. The van der Waals surface area contributed by atoms with E-state index in [1.165, 1.54) is 6.92 Å². The molecule has 1 N–H and O–H groups in total. The Labute approximate surface area is 43.2 Å². The largest absolute Gasteiger partial charge is 0.396 e. The predicted octanol–water partition coefficient (Wildman–Crippen LogP) is 0.348. The van der Waals surface area contributed by atoms with Crippen LogP contribution >= 0.6 is 0 Å². The van der Waals surface area contributed by atoms with Crippen LogP contribution in [-0.4, -0.2) is 17.5 Å². The molecular formula is C5H10O2Rf. The summed E-state index contributed by atoms with van der Waals surface area (Å²) in [5, 5.41) is 8.16. The van der Waals surface area contributed by atoms with Crippen LogP contribution in [0, 0.1) is 0 Å². The third kappa shape index (κ3) is 8.82. The first-order chi connectivity index (χ1) is 3.27. The van der Waals surface area contributed by atoms with Gasteiger partial charge in [-0.3, -0.25) is 0 Å². The van der Waals surface area contributed by atoms with E-state index in [0.29, 0.717) is 12.8 Å². The van der Waals surface area contributed by atoms with E-state index in [9.17, 15) is 4.79 Å². The zero-order chi connectivity index (χ0) is 5.70. The van der Waals surface area contributed by atoms with E-state index in [0.717, 1.165) is 0 Å². The zero-order valence-electron chi connectivity index (χ0n) is 5.18. The van der Waals surface area contributed by atoms with E-state index in [1.54, 1.807) is 0 Å². The molecule has 0 unspecified atom stereocenters. The molecule has 0 spiro atoms. The van der Waals surface area contributed by atoms with Gasteiger partial charge in [0.05, 0.1) is 0 Å². The number of aliphatic hydroxyl groups excluding tert-OH is 1. The van der Waals surface area contributed by atoms with Gasteiger partial charge >= 0.3 is 0 Å². The van der Waals surface area contributed by atoms with Crippen molar-refractivity contribution in [2.75, 3.05) is 6.61 Å². The molecule has 0 aromatic carbocycles. The molecule has 44 valence electrons. The van der Waals surface area contributed by atoms with Gasteiger partial charge < -0.3 is 9.90 Å². The van der Waals surface area contributed by atoms with Crippen LogP contribution in [0.25, 0.3) is 0 Å². The molecule has 0 amide bonds. The summed E-state index contributed by atoms with van der Waals surface area (Å²) in [5.41, 5.74) is 0. The first-order valence-corrected chi connectivity index (χ1v) is 2.37. The second-order valence-corrected chi connectivity index (χ2v) is 1.53. The summed E-state index contributed by atoms with van der Waals surface area (Å²) in [6.45, 7) is 1.65. The van der Waals surface area contributed by atoms with Gasteiger partial charge in [0, 0.05) is 13.0 Å². The molecule has 0 aliphatic carbocycles. The van der Waals surface area contributed by atoms with Crippen LogP contribution in [0.2, 0.25) is 0 Å². The molecule has 2 nitrogen and oxygen atoms in total. The summed E-state index contributed by atoms with van der Waals surface area (Å²) in [7, 11) is 0. The van der Waals surface area contributed by atoms with Crippen LogP contribution in [0.4, 0.5) is 0 Å². The fourth-order valence-electron chi connectivity index (χ4n) is 0.328. The van der Waals surface area contributed by atoms with Gasteiger partial charge in [-0.05, 0) is 13.3 Å². The Kier molecular flexibility index (Phi) is 6.90. The molecule has 3 heteroatoms. The average molecular weight is 369 g/mol. The Morgan fingerprint density at radius 3 is 2.25 bits per heavy atom. The van der Waals surface area contributed by atoms with Crippen molar-refractivity contribution in [3.05, 3.63) is 0 Å². The second kappa shape index (κ2) is 5.63. The smallest absolute Gasteiger partial charge is 0.129 e. The molecule has 8 heavy (non-hydrogen) atoms. The van der Waals surface area contributed by atoms with E-state index in [1.807, 2.05) is 0 Å². The monoisotopic (exact) mass is 369 g/mol. The third-order valence-electron chi connectivity index (χ3n) is 0.687. The van der Waals surface area contributed by atoms with Gasteiger partial charge in [-0.2, -0.15) is 0 Å². The number of ketones is 1. The van der Waals surface area contributed by atoms with Crippen LogP contribution in [0.15, 0.2) is 0 Å². The van der Waals surface area contributed by atoms with Crippen molar-refractivity contribution in [1.82, 2.24) is 0 Å². The maximum atomic E-state index is 10.1. The minimum Gasteiger partial charge on any atom is -0.396 e. The molecule has 0 aromatic rings. The summed E-state index contributed by atoms with van der Waals surface area (Å²) >= 11 is 0. The molecule has 0 bridgehead atoms. The van der Waals surface area contributed by atoms with Gasteiger partial charge in [0.2, 0.25) is 0 Å². The number of carbonyl (C=O) groups excluding carboxylic acids is 1. The van der Waals surface area contributed by atoms with Gasteiger partial charge in [-0.1, -0.05) is 0 Å². The Balaban J connectivity index is 0. The van der Waals surface area contributed by atoms with Crippen molar-refractivity contribution in [2.24, 2.45) is 0 Å². The molecule has 0 fully saturated rings. The third-order valence-corrected chi connectivity index (χ3v) is 0.687. The predicted molar refractivity (Wildman–Crippen MR) is 27.0 cm³/mol. The fourth-order valence-corrected chi connectivity index (χ4v) is 0.328. The number of hydrogen-bond acceptors (Lipinski definition) is 2. The van der Waals surface area contributed by atoms with Crippen molar-refractivity contribution in [1.29, 1.82) is 0 Å². The van der Waals surface area contributed by atoms with Gasteiger partial charge in [0.15, 0.2) is 0 Å². The van der Waals surface area contributed by atoms with Crippen molar-refractivity contribution >= 4 is 5.78 Å². The van der Waals surface area contributed by atoms with Crippen LogP contribution < -0.4 is 0 Å². The summed E-state index contributed by atoms with van der Waals surface area (Å²) < 4.78 is 0. The van der Waals surface area contributed by atoms with Gasteiger partial charge in [-0.25, -0.2) is 0 Å². The van der Waals surface area contributed by atoms with E-state index < -0.39 is 0 Å². The van der Waals surface area contributed by atoms with E-state index in [2.05, 4.69) is 0 Å². The van der Waals surface area contributed by atoms with Crippen LogP contribution in [0.3, 0.4) is 0 Å². The molecule has 0 aliphatic rings. The molecule has 0 aliphatic heterocycles. The van der Waals surface area contributed by atoms with E-state index in [-0.39, 0.29) is 12.4 Å². The van der Waals surface area contributed by atoms with Crippen LogP contribution in [-0.2, 0) is 4.79 Å². The normalized spacial score (nSPS) is 7.75. The summed E-state index contributed by atoms with van der Waals surface area (Å²) in [5.74, 6) is 0.147. The number of hydrogen-bond donors (Lipinski definition) is 1. The van der Waals surface area contributed by atoms with E-state index >= 15 is 0 Å². The van der Waals surface area contributed by atoms with E-state index in [4.69, 9.17) is 5.11 Å². The minimum atomic E-state index is 0. The second-order valence-electron chi connectivity index (χ2n) is 1.53. The number of rotatable bonds is 3. The Morgan fingerprint density at radius 1 is 1.62 bits per heavy atom. The Hall–Kier alpha value is -1.37. The van der Waals surface area contributed by atoms with Crippen molar-refractivity contribution < 1.29 is 9.90 Å². The Morgan fingerprint density at radius 2 is 2.12 bits per heavy atom. The summed E-state index contributed by atoms with van der Waals surface area (Å²) in [6, 6.07) is 0. The summed E-state index contributed by atoms with van der Waals surface area (Å²) in [4.78, 5) is 10.1.